The van der Waals surface area contributed by atoms with Gasteiger partial charge in [0.05, 0.1) is 0 Å². The van der Waals surface area contributed by atoms with Crippen molar-refractivity contribution in [2.75, 3.05) is 13.2 Å². The lowest BCUT2D eigenvalue weighted by Gasteiger charge is -2.28. The molecule has 1 aliphatic heterocycles. The van der Waals surface area contributed by atoms with Gasteiger partial charge in [0.25, 0.3) is 0 Å². The molecule has 1 heterocycles. The molecule has 1 fully saturated rings. The molecule has 5 heteroatoms. The summed E-state index contributed by atoms with van der Waals surface area (Å²) in [7, 11) is 0. The molecule has 0 spiro atoms. The van der Waals surface area contributed by atoms with E-state index in [1.165, 1.54) is 0 Å². The van der Waals surface area contributed by atoms with Crippen LogP contribution in [0.25, 0.3) is 0 Å². The van der Waals surface area contributed by atoms with Crippen molar-refractivity contribution < 1.29 is 17.9 Å². The standard InChI is InChI=1S/C12H14F3NO/c13-9-6-11(15)10(14)5-8(9)12(16)7-1-3-17-4-2-7/h5-7,12H,1-4,16H2/t12-/m1/s1. The molecule has 1 aromatic carbocycles. The summed E-state index contributed by atoms with van der Waals surface area (Å²) in [5.41, 5.74) is 5.94. The van der Waals surface area contributed by atoms with Crippen LogP contribution in [0.4, 0.5) is 13.2 Å². The van der Waals surface area contributed by atoms with Crippen molar-refractivity contribution in [3.05, 3.63) is 35.1 Å². The van der Waals surface area contributed by atoms with Crippen molar-refractivity contribution in [1.82, 2.24) is 0 Å². The van der Waals surface area contributed by atoms with Gasteiger partial charge in [-0.1, -0.05) is 0 Å². The van der Waals surface area contributed by atoms with E-state index in [0.717, 1.165) is 6.07 Å². The minimum absolute atomic E-state index is 0.0378. The molecule has 0 bridgehead atoms. The van der Waals surface area contributed by atoms with E-state index in [2.05, 4.69) is 0 Å². The summed E-state index contributed by atoms with van der Waals surface area (Å²) in [6, 6.07) is 0.781. The topological polar surface area (TPSA) is 35.2 Å². The molecule has 94 valence electrons. The smallest absolute Gasteiger partial charge is 0.161 e. The first-order valence-electron chi connectivity index (χ1n) is 5.57. The number of hydrogen-bond acceptors (Lipinski definition) is 2. The number of ether oxygens (including phenoxy) is 1. The van der Waals surface area contributed by atoms with Crippen LogP contribution in [0.5, 0.6) is 0 Å². The lowest BCUT2D eigenvalue weighted by Crippen LogP contribution is -2.28. The fourth-order valence-corrected chi connectivity index (χ4v) is 2.12. The average Bonchev–Trinajstić information content (AvgIpc) is 2.34. The summed E-state index contributed by atoms with van der Waals surface area (Å²) in [5.74, 6) is -3.00. The van der Waals surface area contributed by atoms with Crippen molar-refractivity contribution in [1.29, 1.82) is 0 Å². The first kappa shape index (κ1) is 12.4. The van der Waals surface area contributed by atoms with Crippen molar-refractivity contribution in [2.24, 2.45) is 11.7 Å². The summed E-state index contributed by atoms with van der Waals surface area (Å²) >= 11 is 0. The Hall–Kier alpha value is -1.07. The van der Waals surface area contributed by atoms with E-state index in [-0.39, 0.29) is 11.5 Å². The quantitative estimate of drug-likeness (QED) is 0.812. The zero-order valence-electron chi connectivity index (χ0n) is 9.26. The van der Waals surface area contributed by atoms with Gasteiger partial charge in [-0.2, -0.15) is 0 Å². The molecule has 2 N–H and O–H groups in total. The van der Waals surface area contributed by atoms with Crippen LogP contribution in [0.2, 0.25) is 0 Å². The molecule has 1 saturated heterocycles. The molecule has 0 saturated carbocycles. The molecule has 0 aromatic heterocycles. The van der Waals surface area contributed by atoms with Gasteiger partial charge in [-0.3, -0.25) is 0 Å². The Labute approximate surface area is 97.6 Å². The Kier molecular flexibility index (Phi) is 3.69. The first-order chi connectivity index (χ1) is 8.09. The van der Waals surface area contributed by atoms with E-state index >= 15 is 0 Å². The summed E-state index contributed by atoms with van der Waals surface area (Å²) < 4.78 is 44.5. The van der Waals surface area contributed by atoms with E-state index in [1.807, 2.05) is 0 Å². The molecule has 1 atom stereocenters. The summed E-state index contributed by atoms with van der Waals surface area (Å²) in [4.78, 5) is 0. The monoisotopic (exact) mass is 245 g/mol. The average molecular weight is 245 g/mol. The molecule has 1 aliphatic rings. The van der Waals surface area contributed by atoms with Gasteiger partial charge in [0.15, 0.2) is 11.6 Å². The van der Waals surface area contributed by atoms with Crippen LogP contribution < -0.4 is 5.73 Å². The molecule has 0 unspecified atom stereocenters. The van der Waals surface area contributed by atoms with Crippen LogP contribution in [0, 0.1) is 23.4 Å². The Morgan fingerprint density at radius 2 is 1.65 bits per heavy atom. The fourth-order valence-electron chi connectivity index (χ4n) is 2.12. The lowest BCUT2D eigenvalue weighted by molar-refractivity contribution is 0.0579. The maximum absolute atomic E-state index is 13.5. The summed E-state index contributed by atoms with van der Waals surface area (Å²) in [6.07, 6.45) is 1.42. The number of rotatable bonds is 2. The third-order valence-corrected chi connectivity index (χ3v) is 3.17. The highest BCUT2D eigenvalue weighted by Crippen LogP contribution is 2.30. The van der Waals surface area contributed by atoms with Crippen LogP contribution >= 0.6 is 0 Å². The molecule has 0 amide bonds. The maximum atomic E-state index is 13.5. The Morgan fingerprint density at radius 3 is 2.29 bits per heavy atom. The van der Waals surface area contributed by atoms with Gasteiger partial charge < -0.3 is 10.5 Å². The van der Waals surface area contributed by atoms with Gasteiger partial charge in [-0.25, -0.2) is 13.2 Å². The zero-order valence-corrected chi connectivity index (χ0v) is 9.26. The molecule has 1 aromatic rings. The van der Waals surface area contributed by atoms with Crippen molar-refractivity contribution in [3.8, 4) is 0 Å². The fraction of sp³-hybridized carbons (Fsp3) is 0.500. The van der Waals surface area contributed by atoms with Crippen molar-refractivity contribution >= 4 is 0 Å². The zero-order chi connectivity index (χ0) is 12.4. The van der Waals surface area contributed by atoms with Crippen molar-refractivity contribution in [2.45, 2.75) is 18.9 Å². The predicted octanol–water partition coefficient (Wildman–Crippen LogP) is 2.53. The molecule has 0 radical (unpaired) electrons. The minimum Gasteiger partial charge on any atom is -0.381 e. The third kappa shape index (κ3) is 2.61. The molecular formula is C12H14F3NO. The predicted molar refractivity (Wildman–Crippen MR) is 56.8 cm³/mol. The normalized spacial score (nSPS) is 19.3. The largest absolute Gasteiger partial charge is 0.381 e. The lowest BCUT2D eigenvalue weighted by atomic mass is 9.87. The van der Waals surface area contributed by atoms with Gasteiger partial charge in [0.2, 0.25) is 0 Å². The van der Waals surface area contributed by atoms with Crippen LogP contribution in [0.1, 0.15) is 24.4 Å². The number of halogens is 3. The summed E-state index contributed by atoms with van der Waals surface area (Å²) in [5, 5.41) is 0. The van der Waals surface area contributed by atoms with E-state index in [9.17, 15) is 13.2 Å². The van der Waals surface area contributed by atoms with Crippen LogP contribution in [-0.4, -0.2) is 13.2 Å². The van der Waals surface area contributed by atoms with Crippen LogP contribution in [-0.2, 0) is 4.74 Å². The first-order valence-corrected chi connectivity index (χ1v) is 5.57. The van der Waals surface area contributed by atoms with E-state index in [4.69, 9.17) is 10.5 Å². The maximum Gasteiger partial charge on any atom is 0.161 e. The Bertz CT molecular complexity index is 405. The van der Waals surface area contributed by atoms with Crippen LogP contribution in [0.15, 0.2) is 12.1 Å². The highest BCUT2D eigenvalue weighted by molar-refractivity contribution is 5.23. The van der Waals surface area contributed by atoms with Gasteiger partial charge in [0.1, 0.15) is 5.82 Å². The molecule has 2 nitrogen and oxygen atoms in total. The van der Waals surface area contributed by atoms with Crippen molar-refractivity contribution in [3.63, 3.8) is 0 Å². The Balaban J connectivity index is 2.23. The third-order valence-electron chi connectivity index (χ3n) is 3.17. The van der Waals surface area contributed by atoms with Gasteiger partial charge in [-0.15, -0.1) is 0 Å². The summed E-state index contributed by atoms with van der Waals surface area (Å²) in [6.45, 7) is 1.15. The molecule has 2 rings (SSSR count). The SMILES string of the molecule is N[C@@H](c1cc(F)c(F)cc1F)C1CCOCC1. The number of benzene rings is 1. The molecular weight excluding hydrogens is 231 g/mol. The number of hydrogen-bond donors (Lipinski definition) is 1. The Morgan fingerprint density at radius 1 is 1.06 bits per heavy atom. The minimum atomic E-state index is -1.19. The second-order valence-corrected chi connectivity index (χ2v) is 4.26. The highest BCUT2D eigenvalue weighted by Gasteiger charge is 2.25. The van der Waals surface area contributed by atoms with Gasteiger partial charge in [-0.05, 0) is 24.8 Å². The second kappa shape index (κ2) is 5.06. The second-order valence-electron chi connectivity index (χ2n) is 4.26. The van der Waals surface area contributed by atoms with E-state index in [0.29, 0.717) is 32.1 Å². The van der Waals surface area contributed by atoms with Crippen LogP contribution in [0.3, 0.4) is 0 Å². The van der Waals surface area contributed by atoms with Gasteiger partial charge >= 0.3 is 0 Å². The number of nitrogens with two attached hydrogens (primary N) is 1. The molecule has 17 heavy (non-hydrogen) atoms. The van der Waals surface area contributed by atoms with E-state index in [1.54, 1.807) is 0 Å². The molecule has 0 aliphatic carbocycles. The van der Waals surface area contributed by atoms with E-state index < -0.39 is 23.5 Å². The highest BCUT2D eigenvalue weighted by atomic mass is 19.2. The van der Waals surface area contributed by atoms with Gasteiger partial charge in [0, 0.05) is 30.9 Å².